The van der Waals surface area contributed by atoms with Crippen LogP contribution in [0.2, 0.25) is 25.7 Å². The van der Waals surface area contributed by atoms with Gasteiger partial charge in [0.1, 0.15) is 12.3 Å². The number of likely N-dealkylation sites (N-methyl/N-ethyl adjacent to an activating group) is 1. The normalized spacial score (nSPS) is 17.0. The van der Waals surface area contributed by atoms with Crippen LogP contribution in [0, 0.1) is 3.57 Å². The molecule has 190 valence electrons. The number of hydrogen-bond acceptors (Lipinski definition) is 6. The van der Waals surface area contributed by atoms with E-state index in [9.17, 15) is 9.59 Å². The zero-order valence-corrected chi connectivity index (χ0v) is 24.8. The second-order valence-corrected chi connectivity index (χ2v) is 18.0. The van der Waals surface area contributed by atoms with Gasteiger partial charge in [-0.3, -0.25) is 9.36 Å². The highest BCUT2D eigenvalue weighted by Crippen LogP contribution is 2.25. The van der Waals surface area contributed by atoms with Gasteiger partial charge in [0.15, 0.2) is 5.65 Å². The van der Waals surface area contributed by atoms with Crippen LogP contribution in [0.1, 0.15) is 27.2 Å². The molecule has 1 saturated heterocycles. The van der Waals surface area contributed by atoms with Crippen LogP contribution in [0.3, 0.4) is 0 Å². The van der Waals surface area contributed by atoms with E-state index in [2.05, 4.69) is 47.1 Å². The molecule has 0 N–H and O–H groups in total. The fourth-order valence-electron chi connectivity index (χ4n) is 3.90. The number of amides is 1. The minimum absolute atomic E-state index is 0.0146. The van der Waals surface area contributed by atoms with Gasteiger partial charge in [-0.05, 0) is 55.8 Å². The summed E-state index contributed by atoms with van der Waals surface area (Å²) in [6, 6.07) is 1.07. The van der Waals surface area contributed by atoms with E-state index in [-0.39, 0.29) is 17.7 Å². The van der Waals surface area contributed by atoms with E-state index in [0.29, 0.717) is 43.4 Å². The molecule has 0 bridgehead atoms. The summed E-state index contributed by atoms with van der Waals surface area (Å²) in [5.74, 6) is 0.607. The van der Waals surface area contributed by atoms with Crippen molar-refractivity contribution in [3.63, 3.8) is 0 Å². The first kappa shape index (κ1) is 27.0. The molecule has 1 fully saturated rings. The van der Waals surface area contributed by atoms with E-state index < -0.39 is 13.7 Å². The zero-order valence-electron chi connectivity index (χ0n) is 21.6. The van der Waals surface area contributed by atoms with Crippen molar-refractivity contribution >= 4 is 53.7 Å². The number of rotatable bonds is 7. The van der Waals surface area contributed by atoms with E-state index in [1.165, 1.54) is 0 Å². The molecule has 1 aliphatic heterocycles. The Bertz CT molecular complexity index is 1100. The summed E-state index contributed by atoms with van der Waals surface area (Å²) in [6.07, 6.45) is 2.37. The van der Waals surface area contributed by atoms with Crippen molar-refractivity contribution in [2.45, 2.75) is 71.3 Å². The van der Waals surface area contributed by atoms with E-state index in [1.54, 1.807) is 23.6 Å². The molecule has 1 atom stereocenters. The minimum atomic E-state index is -1.17. The molecule has 0 saturated carbocycles. The number of carbonyl (C=O) groups excluding carboxylic acids is 1. The highest BCUT2D eigenvalue weighted by atomic mass is 127. The zero-order chi connectivity index (χ0) is 25.4. The van der Waals surface area contributed by atoms with Crippen LogP contribution < -0.4 is 10.5 Å². The molecule has 3 heterocycles. The van der Waals surface area contributed by atoms with Gasteiger partial charge in [0.2, 0.25) is 5.95 Å². The van der Waals surface area contributed by atoms with Crippen LogP contribution in [-0.4, -0.2) is 71.6 Å². The Labute approximate surface area is 216 Å². The van der Waals surface area contributed by atoms with Crippen LogP contribution in [0.15, 0.2) is 11.0 Å². The third kappa shape index (κ3) is 6.33. The lowest BCUT2D eigenvalue weighted by atomic mass is 10.2. The molecule has 0 spiro atoms. The molecule has 2 aromatic heterocycles. The SMILES string of the molecule is CN(C(=O)OC(C)(C)C)[C@@H]1CCN(c2nc3c(c(I)cn3COCC[Si](C)(C)C)c(=O)n2C)C1. The number of fused-ring (bicyclic) bond motifs is 1. The summed E-state index contributed by atoms with van der Waals surface area (Å²) >= 11 is 2.19. The first-order chi connectivity index (χ1) is 15.7. The number of carbonyl (C=O) groups is 1. The van der Waals surface area contributed by atoms with E-state index in [1.807, 2.05) is 31.5 Å². The van der Waals surface area contributed by atoms with Gasteiger partial charge in [-0.15, -0.1) is 0 Å². The molecule has 3 rings (SSSR count). The lowest BCUT2D eigenvalue weighted by molar-refractivity contribution is 0.0237. The third-order valence-corrected chi connectivity index (χ3v) is 8.45. The number of anilines is 1. The first-order valence-electron chi connectivity index (χ1n) is 11.7. The van der Waals surface area contributed by atoms with Crippen LogP contribution in [0.25, 0.3) is 11.0 Å². The number of nitrogens with zero attached hydrogens (tertiary/aromatic N) is 5. The smallest absolute Gasteiger partial charge is 0.410 e. The fraction of sp³-hybridized carbons (Fsp3) is 0.696. The Kier molecular flexibility index (Phi) is 8.08. The maximum atomic E-state index is 13.2. The van der Waals surface area contributed by atoms with Gasteiger partial charge < -0.3 is 23.8 Å². The second kappa shape index (κ2) is 10.2. The molecular weight excluding hydrogens is 565 g/mol. The average Bonchev–Trinajstić information content (AvgIpc) is 3.30. The highest BCUT2D eigenvalue weighted by molar-refractivity contribution is 14.1. The van der Waals surface area contributed by atoms with Gasteiger partial charge >= 0.3 is 6.09 Å². The van der Waals surface area contributed by atoms with Crippen molar-refractivity contribution in [3.8, 4) is 0 Å². The average molecular weight is 604 g/mol. The summed E-state index contributed by atoms with van der Waals surface area (Å²) in [6.45, 7) is 14.9. The molecule has 1 aliphatic rings. The van der Waals surface area contributed by atoms with Crippen molar-refractivity contribution < 1.29 is 14.3 Å². The summed E-state index contributed by atoms with van der Waals surface area (Å²) in [5, 5.41) is 0.613. The maximum Gasteiger partial charge on any atom is 0.410 e. The van der Waals surface area contributed by atoms with Gasteiger partial charge in [-0.1, -0.05) is 19.6 Å². The van der Waals surface area contributed by atoms with Crippen molar-refractivity contribution in [2.75, 3.05) is 31.6 Å². The predicted octanol–water partition coefficient (Wildman–Crippen LogP) is 4.10. The molecule has 2 aromatic rings. The highest BCUT2D eigenvalue weighted by Gasteiger charge is 2.33. The molecule has 11 heteroatoms. The van der Waals surface area contributed by atoms with Crippen molar-refractivity contribution in [2.24, 2.45) is 7.05 Å². The van der Waals surface area contributed by atoms with Crippen LogP contribution >= 0.6 is 22.6 Å². The topological polar surface area (TPSA) is 81.8 Å². The van der Waals surface area contributed by atoms with Gasteiger partial charge in [0, 0.05) is 51.6 Å². The second-order valence-electron chi connectivity index (χ2n) is 11.2. The lowest BCUT2D eigenvalue weighted by Gasteiger charge is -2.28. The molecule has 9 nitrogen and oxygen atoms in total. The minimum Gasteiger partial charge on any atom is -0.444 e. The summed E-state index contributed by atoms with van der Waals surface area (Å²) < 4.78 is 15.9. The van der Waals surface area contributed by atoms with Crippen LogP contribution in [-0.2, 0) is 23.3 Å². The molecule has 1 amide bonds. The molecule has 0 aliphatic carbocycles. The van der Waals surface area contributed by atoms with Crippen LogP contribution in [0.5, 0.6) is 0 Å². The molecule has 34 heavy (non-hydrogen) atoms. The standard InChI is InChI=1S/C23H38IN5O4Si/c1-23(2,3)33-22(31)26(4)16-9-10-28(13-16)21-25-19-18(20(30)27(21)5)17(24)14-29(19)15-32-11-12-34(6,7)8/h14,16H,9-13,15H2,1-8H3/t16-/m1/s1. The summed E-state index contributed by atoms with van der Waals surface area (Å²) in [4.78, 5) is 34.4. The van der Waals surface area contributed by atoms with Gasteiger partial charge in [0.25, 0.3) is 5.56 Å². The Hall–Kier alpha value is -1.60. The first-order valence-corrected chi connectivity index (χ1v) is 16.5. The lowest BCUT2D eigenvalue weighted by Crippen LogP contribution is -2.42. The van der Waals surface area contributed by atoms with Crippen LogP contribution in [0.4, 0.5) is 10.7 Å². The van der Waals surface area contributed by atoms with Crippen molar-refractivity contribution in [1.29, 1.82) is 0 Å². The molecule has 0 aromatic carbocycles. The largest absolute Gasteiger partial charge is 0.444 e. The number of aromatic nitrogens is 3. The predicted molar refractivity (Wildman–Crippen MR) is 146 cm³/mol. The van der Waals surface area contributed by atoms with Crippen molar-refractivity contribution in [1.82, 2.24) is 19.0 Å². The van der Waals surface area contributed by atoms with Crippen molar-refractivity contribution in [3.05, 3.63) is 20.1 Å². The number of halogens is 1. The number of hydrogen-bond donors (Lipinski definition) is 0. The third-order valence-electron chi connectivity index (χ3n) is 5.93. The molecular formula is C23H38IN5O4Si. The summed E-state index contributed by atoms with van der Waals surface area (Å²) in [7, 11) is 2.35. The van der Waals surface area contributed by atoms with E-state index >= 15 is 0 Å². The quantitative estimate of drug-likeness (QED) is 0.270. The van der Waals surface area contributed by atoms with Gasteiger partial charge in [-0.2, -0.15) is 4.98 Å². The Morgan fingerprint density at radius 3 is 2.62 bits per heavy atom. The van der Waals surface area contributed by atoms with E-state index in [0.717, 1.165) is 16.0 Å². The fourth-order valence-corrected chi connectivity index (χ4v) is 5.47. The maximum absolute atomic E-state index is 13.2. The Morgan fingerprint density at radius 1 is 1.32 bits per heavy atom. The Morgan fingerprint density at radius 2 is 2.00 bits per heavy atom. The Balaban J connectivity index is 1.81. The monoisotopic (exact) mass is 603 g/mol. The molecule has 0 radical (unpaired) electrons. The van der Waals surface area contributed by atoms with Gasteiger partial charge in [0.05, 0.1) is 11.4 Å². The molecule has 0 unspecified atom stereocenters. The summed E-state index contributed by atoms with van der Waals surface area (Å²) in [5.41, 5.74) is 0.0217. The van der Waals surface area contributed by atoms with Gasteiger partial charge in [-0.25, -0.2) is 4.79 Å². The van der Waals surface area contributed by atoms with E-state index in [4.69, 9.17) is 14.5 Å². The number of ether oxygens (including phenoxy) is 2.